The third-order valence-electron chi connectivity index (χ3n) is 20.8. The summed E-state index contributed by atoms with van der Waals surface area (Å²) in [7, 11) is 2.75. The summed E-state index contributed by atoms with van der Waals surface area (Å²) in [4.78, 5) is 33.9. The van der Waals surface area contributed by atoms with Gasteiger partial charge >= 0.3 is 17.9 Å². The highest BCUT2D eigenvalue weighted by Crippen LogP contribution is 2.49. The number of carbonyl (C=O) groups is 3. The van der Waals surface area contributed by atoms with Crippen molar-refractivity contribution < 1.29 is 78.2 Å². The molecule has 11 rings (SSSR count). The summed E-state index contributed by atoms with van der Waals surface area (Å²) in [5.41, 5.74) is 8.38. The number of carboxylic acid groups (broad SMARTS) is 1. The van der Waals surface area contributed by atoms with Crippen LogP contribution in [0.3, 0.4) is 0 Å². The second kappa shape index (κ2) is 43.0. The summed E-state index contributed by atoms with van der Waals surface area (Å²) in [5.74, 6) is 20.3. The van der Waals surface area contributed by atoms with E-state index in [1.807, 2.05) is 91.0 Å². The van der Waals surface area contributed by atoms with Crippen LogP contribution in [0.4, 0.5) is 0 Å². The first-order valence-electron chi connectivity index (χ1n) is 39.6. The normalized spacial score (nSPS) is 15.3. The van der Waals surface area contributed by atoms with E-state index in [4.69, 9.17) is 48.8 Å². The van der Waals surface area contributed by atoms with E-state index in [2.05, 4.69) is 166 Å². The van der Waals surface area contributed by atoms with Crippen molar-refractivity contribution in [2.75, 3.05) is 67.1 Å². The average molecular weight is 1560 g/mol. The third kappa shape index (κ3) is 32.2. The molecular formula is C98H126O16. The Balaban J connectivity index is 0.000000227. The van der Waals surface area contributed by atoms with E-state index in [1.165, 1.54) is 30.9 Å². The number of aromatic hydroxyl groups is 2. The van der Waals surface area contributed by atoms with Gasteiger partial charge < -0.3 is 63.8 Å². The summed E-state index contributed by atoms with van der Waals surface area (Å²) in [6.45, 7) is 35.2. The Bertz CT molecular complexity index is 4340. The Morgan fingerprint density at radius 2 is 0.623 bits per heavy atom. The van der Waals surface area contributed by atoms with Crippen LogP contribution < -0.4 is 23.7 Å². The van der Waals surface area contributed by atoms with E-state index in [1.54, 1.807) is 57.2 Å². The first kappa shape index (κ1) is 93.0. The quantitative estimate of drug-likeness (QED) is 0.0207. The summed E-state index contributed by atoms with van der Waals surface area (Å²) >= 11 is 0. The maximum Gasteiger partial charge on any atom is 0.307 e. The van der Waals surface area contributed by atoms with Gasteiger partial charge in [-0.3, -0.25) is 14.4 Å². The Kier molecular flexibility index (Phi) is 35.1. The molecule has 4 fully saturated rings. The molecule has 4 aliphatic carbocycles. The number of aliphatic hydroxyl groups excluding tert-OH is 3. The monoisotopic (exact) mass is 1560 g/mol. The lowest BCUT2D eigenvalue weighted by atomic mass is 9.87. The number of esters is 2. The van der Waals surface area contributed by atoms with Crippen LogP contribution in [0.25, 0.3) is 0 Å². The van der Waals surface area contributed by atoms with Crippen LogP contribution in [-0.2, 0) is 45.5 Å². The average Bonchev–Trinajstić information content (AvgIpc) is 1.66. The zero-order chi connectivity index (χ0) is 84.0. The molecule has 16 heteroatoms. The number of methoxy groups -OCH3 is 2. The Labute approximate surface area is 679 Å². The number of aliphatic carboxylic acids is 1. The molecule has 16 nitrogen and oxygen atoms in total. The molecule has 0 saturated heterocycles. The molecule has 4 aliphatic rings. The second-order valence-corrected chi connectivity index (χ2v) is 34.8. The van der Waals surface area contributed by atoms with E-state index in [9.17, 15) is 24.6 Å². The summed E-state index contributed by atoms with van der Waals surface area (Å²) < 4.78 is 39.6. The highest BCUT2D eigenvalue weighted by Gasteiger charge is 2.46. The van der Waals surface area contributed by atoms with Gasteiger partial charge in [-0.1, -0.05) is 186 Å². The van der Waals surface area contributed by atoms with E-state index in [0.717, 1.165) is 102 Å². The highest BCUT2D eigenvalue weighted by molar-refractivity contribution is 5.72. The van der Waals surface area contributed by atoms with Crippen LogP contribution in [0.15, 0.2) is 170 Å². The summed E-state index contributed by atoms with van der Waals surface area (Å²) in [6.07, 6.45) is 9.04. The Morgan fingerprint density at radius 3 is 0.868 bits per heavy atom. The minimum absolute atomic E-state index is 0.00208. The van der Waals surface area contributed by atoms with Crippen LogP contribution in [-0.4, -0.2) is 116 Å². The van der Waals surface area contributed by atoms with Crippen molar-refractivity contribution in [1.29, 1.82) is 0 Å². The number of phenolic OH excluding ortho intramolecular Hbond substituents is 2. The van der Waals surface area contributed by atoms with Crippen LogP contribution in [0.1, 0.15) is 231 Å². The van der Waals surface area contributed by atoms with Gasteiger partial charge in [0.05, 0.1) is 104 Å². The maximum absolute atomic E-state index is 11.7. The lowest BCUT2D eigenvalue weighted by molar-refractivity contribution is -0.141. The smallest absolute Gasteiger partial charge is 0.307 e. The van der Waals surface area contributed by atoms with Gasteiger partial charge in [-0.15, -0.1) is 17.8 Å². The molecule has 614 valence electrons. The Hall–Kier alpha value is -9.89. The van der Waals surface area contributed by atoms with Crippen molar-refractivity contribution in [2.24, 2.45) is 21.7 Å². The number of hydrogen-bond acceptors (Lipinski definition) is 15. The van der Waals surface area contributed by atoms with E-state index in [-0.39, 0.29) is 118 Å². The van der Waals surface area contributed by atoms with Crippen LogP contribution in [0.2, 0.25) is 0 Å². The molecule has 3 atom stereocenters. The van der Waals surface area contributed by atoms with Crippen molar-refractivity contribution in [2.45, 2.75) is 214 Å². The van der Waals surface area contributed by atoms with Crippen molar-refractivity contribution in [3.63, 3.8) is 0 Å². The fourth-order valence-corrected chi connectivity index (χ4v) is 11.6. The fourth-order valence-electron chi connectivity index (χ4n) is 11.6. The summed E-state index contributed by atoms with van der Waals surface area (Å²) in [5, 5.41) is 53.7. The van der Waals surface area contributed by atoms with Crippen molar-refractivity contribution >= 4 is 17.9 Å². The van der Waals surface area contributed by atoms with E-state index < -0.39 is 5.97 Å². The van der Waals surface area contributed by atoms with Gasteiger partial charge in [-0.05, 0) is 218 Å². The predicted octanol–water partition coefficient (Wildman–Crippen LogP) is 19.3. The molecule has 0 radical (unpaired) electrons. The SMILES string of the molecule is CC#CC(CC(=O)O)c1ccc(OCC2(COc3cccc(C(C)(C)C)c3)CC2)cc1.CC#CC(CC(=O)OC)c1ccc(O)cc1.CC#CC(CC(=O)OC)c1ccc(OCC2(COc3cccc(C(C)(C)C)c3)CC2)cc1.CC(C)(C)c1cccc(O)c1.CC(C)(C)c1cccc(OCC2(CO)CC2)c1.OCC1(CO)CC1. The number of hydrogen-bond donors (Lipinski definition) is 6. The fraction of sp³-hybridized carbons (Fsp3) is 0.480. The lowest BCUT2D eigenvalue weighted by Crippen LogP contribution is -2.21. The van der Waals surface area contributed by atoms with Crippen LogP contribution in [0, 0.1) is 57.2 Å². The van der Waals surface area contributed by atoms with Gasteiger partial charge in [0.1, 0.15) is 40.2 Å². The topological polar surface area (TPSA) is 237 Å². The van der Waals surface area contributed by atoms with Crippen LogP contribution in [0.5, 0.6) is 40.2 Å². The van der Waals surface area contributed by atoms with Gasteiger partial charge in [0.15, 0.2) is 0 Å². The van der Waals surface area contributed by atoms with Gasteiger partial charge in [0, 0.05) is 21.7 Å². The molecule has 0 heterocycles. The molecule has 7 aromatic carbocycles. The van der Waals surface area contributed by atoms with Gasteiger partial charge in [0.25, 0.3) is 0 Å². The standard InChI is InChI=1S/C28H34O4.C27H32O4.C15H22O2.C13H14O3.C10H14O.C5H10O2/c1-6-8-22(17-26(29)30-5)21-11-13-24(14-12-21)31-19-28(15-16-28)20-32-25-10-7-9-23(18-25)27(2,3)4;1-5-7-21(16-25(28)29)20-10-12-23(13-11-20)30-18-27(14-15-27)19-31-24-9-6-8-22(17-24)26(2,3)4;1-14(2,3)12-5-4-6-13(9-12)17-11-15(10-16)7-8-15;1-3-4-11(9-13(15)16-2)10-5-7-12(14)8-6-10;1-10(2,3)8-5-4-6-9(11)7-8;6-3-5(4-7)1-2-5/h7,9-14,18,22H,15-17,19-20H2,1-5H3;6,8-13,17,21H,14-16,18-19H2,1-4H3,(H,28,29);4-6,9,16H,7-8,10-11H2,1-3H3;5-8,11,14H,9H2,1-2H3;4-7,11H,1-3H3;6-7H,1-4H2. The van der Waals surface area contributed by atoms with Gasteiger partial charge in [0.2, 0.25) is 0 Å². The molecule has 6 N–H and O–H groups in total. The van der Waals surface area contributed by atoms with Crippen molar-refractivity contribution in [3.05, 3.63) is 209 Å². The zero-order valence-corrected chi connectivity index (χ0v) is 70.6. The number of ether oxygens (including phenoxy) is 7. The molecule has 0 spiro atoms. The lowest BCUT2D eigenvalue weighted by Gasteiger charge is -2.21. The first-order chi connectivity index (χ1) is 53.9. The van der Waals surface area contributed by atoms with E-state index in [0.29, 0.717) is 38.8 Å². The number of rotatable bonds is 27. The largest absolute Gasteiger partial charge is 0.508 e. The first-order valence-corrected chi connectivity index (χ1v) is 39.6. The second-order valence-electron chi connectivity index (χ2n) is 34.8. The van der Waals surface area contributed by atoms with Gasteiger partial charge in [-0.2, -0.15) is 0 Å². The van der Waals surface area contributed by atoms with E-state index >= 15 is 0 Å². The molecule has 3 unspecified atom stereocenters. The van der Waals surface area contributed by atoms with Crippen molar-refractivity contribution in [3.8, 4) is 75.8 Å². The zero-order valence-electron chi connectivity index (χ0n) is 70.6. The van der Waals surface area contributed by atoms with Gasteiger partial charge in [-0.25, -0.2) is 0 Å². The molecule has 0 aliphatic heterocycles. The van der Waals surface area contributed by atoms with Crippen LogP contribution >= 0.6 is 0 Å². The number of phenols is 2. The number of benzene rings is 7. The minimum Gasteiger partial charge on any atom is -0.508 e. The number of aliphatic hydroxyl groups is 3. The number of carbonyl (C=O) groups excluding carboxylic acids is 2. The Morgan fingerprint density at radius 1 is 0.351 bits per heavy atom. The molecule has 114 heavy (non-hydrogen) atoms. The molecule has 7 aromatic rings. The minimum atomic E-state index is -0.850. The maximum atomic E-state index is 11.7. The molecular weight excluding hydrogens is 1430 g/mol. The molecule has 0 aromatic heterocycles. The third-order valence-corrected chi connectivity index (χ3v) is 20.8. The molecule has 4 saturated carbocycles. The molecule has 0 bridgehead atoms. The predicted molar refractivity (Wildman–Crippen MR) is 453 cm³/mol. The molecule has 0 amide bonds. The van der Waals surface area contributed by atoms with Crippen molar-refractivity contribution in [1.82, 2.24) is 0 Å². The summed E-state index contributed by atoms with van der Waals surface area (Å²) in [6, 6.07) is 54.5. The highest BCUT2D eigenvalue weighted by atomic mass is 16.5. The number of carboxylic acids is 1.